The average Bonchev–Trinajstić information content (AvgIpc) is 3.16. The Hall–Kier alpha value is -1.29. The number of sulfone groups is 1. The zero-order valence-electron chi connectivity index (χ0n) is 15.0. The van der Waals surface area contributed by atoms with Gasteiger partial charge in [0.2, 0.25) is 0 Å². The highest BCUT2D eigenvalue weighted by Gasteiger charge is 2.27. The van der Waals surface area contributed by atoms with Gasteiger partial charge in [-0.25, -0.2) is 8.42 Å². The molecule has 1 atom stereocenters. The third-order valence-corrected chi connectivity index (χ3v) is 6.38. The zero-order valence-corrected chi connectivity index (χ0v) is 18.1. The lowest BCUT2D eigenvalue weighted by molar-refractivity contribution is 0.589. The number of H-pyrrole nitrogens is 1. The molecule has 2 aromatic rings. The number of nitrogens with one attached hydrogen (secondary N) is 3. The van der Waals surface area contributed by atoms with Crippen molar-refractivity contribution in [3.63, 3.8) is 0 Å². The summed E-state index contributed by atoms with van der Waals surface area (Å²) in [6.07, 6.45) is 3.67. The molecule has 1 aliphatic rings. The number of guanidine groups is 1. The van der Waals surface area contributed by atoms with E-state index < -0.39 is 9.84 Å². The number of hydrogen-bond acceptors (Lipinski definition) is 3. The highest BCUT2D eigenvalue weighted by atomic mass is 127. The quantitative estimate of drug-likeness (QED) is 0.330. The van der Waals surface area contributed by atoms with E-state index in [1.54, 1.807) is 0 Å². The Morgan fingerprint density at radius 1 is 1.31 bits per heavy atom. The van der Waals surface area contributed by atoms with E-state index in [1.165, 1.54) is 10.9 Å². The number of fused-ring (bicyclic) bond motifs is 1. The van der Waals surface area contributed by atoms with Gasteiger partial charge < -0.3 is 15.6 Å². The molecule has 1 saturated heterocycles. The van der Waals surface area contributed by atoms with Gasteiger partial charge in [0.1, 0.15) is 0 Å². The normalized spacial score (nSPS) is 19.3. The minimum absolute atomic E-state index is 0. The van der Waals surface area contributed by atoms with Crippen LogP contribution in [0.25, 0.3) is 10.9 Å². The maximum atomic E-state index is 11.5. The molecule has 3 rings (SSSR count). The van der Waals surface area contributed by atoms with Crippen molar-refractivity contribution in [2.45, 2.75) is 19.8 Å². The second-order valence-corrected chi connectivity index (χ2v) is 8.75. The van der Waals surface area contributed by atoms with Gasteiger partial charge in [0.25, 0.3) is 0 Å². The van der Waals surface area contributed by atoms with Crippen LogP contribution in [0.4, 0.5) is 0 Å². The molecule has 0 bridgehead atoms. The van der Waals surface area contributed by atoms with Crippen LogP contribution in [0.2, 0.25) is 0 Å². The molecule has 0 spiro atoms. The van der Waals surface area contributed by atoms with E-state index in [1.807, 2.05) is 19.1 Å². The van der Waals surface area contributed by atoms with E-state index in [-0.39, 0.29) is 35.6 Å². The van der Waals surface area contributed by atoms with Crippen LogP contribution >= 0.6 is 24.0 Å². The lowest BCUT2D eigenvalue weighted by Gasteiger charge is -2.12. The summed E-state index contributed by atoms with van der Waals surface area (Å²) in [5.41, 5.74) is 2.43. The standard InChI is InChI=1S/C18H26N4O2S.HI/c1-2-19-18(22-11-14-8-10-25(23,24)13-14)20-9-7-15-12-21-17-6-4-3-5-16(15)17;/h3-6,12,14,21H,2,7-11,13H2,1H3,(H2,19,20,22);1H. The molecule has 0 aliphatic carbocycles. The SMILES string of the molecule is CCNC(=NCC1CCS(=O)(=O)C1)NCCc1c[nH]c2ccccc12.I. The van der Waals surface area contributed by atoms with Gasteiger partial charge in [0, 0.05) is 36.7 Å². The van der Waals surface area contributed by atoms with Crippen molar-refractivity contribution in [1.82, 2.24) is 15.6 Å². The Morgan fingerprint density at radius 2 is 2.12 bits per heavy atom. The summed E-state index contributed by atoms with van der Waals surface area (Å²) in [6.45, 7) is 4.14. The summed E-state index contributed by atoms with van der Waals surface area (Å²) in [7, 11) is -2.84. The van der Waals surface area contributed by atoms with Crippen molar-refractivity contribution in [1.29, 1.82) is 0 Å². The maximum Gasteiger partial charge on any atom is 0.191 e. The van der Waals surface area contributed by atoms with Crippen molar-refractivity contribution < 1.29 is 8.42 Å². The number of aromatic amines is 1. The predicted octanol–water partition coefficient (Wildman–Crippen LogP) is 2.32. The lowest BCUT2D eigenvalue weighted by Crippen LogP contribution is -2.38. The molecule has 2 heterocycles. The summed E-state index contributed by atoms with van der Waals surface area (Å²) >= 11 is 0. The van der Waals surface area contributed by atoms with Crippen molar-refractivity contribution in [3.8, 4) is 0 Å². The fourth-order valence-electron chi connectivity index (χ4n) is 3.23. The first-order valence-electron chi connectivity index (χ1n) is 8.85. The van der Waals surface area contributed by atoms with Gasteiger partial charge >= 0.3 is 0 Å². The number of para-hydroxylation sites is 1. The second-order valence-electron chi connectivity index (χ2n) is 6.52. The molecule has 26 heavy (non-hydrogen) atoms. The maximum absolute atomic E-state index is 11.5. The van der Waals surface area contributed by atoms with Crippen molar-refractivity contribution in [3.05, 3.63) is 36.0 Å². The fourth-order valence-corrected chi connectivity index (χ4v) is 5.08. The van der Waals surface area contributed by atoms with Crippen LogP contribution in [0.1, 0.15) is 18.9 Å². The molecular weight excluding hydrogens is 463 g/mol. The largest absolute Gasteiger partial charge is 0.361 e. The van der Waals surface area contributed by atoms with Crippen molar-refractivity contribution in [2.75, 3.05) is 31.1 Å². The van der Waals surface area contributed by atoms with E-state index >= 15 is 0 Å². The topological polar surface area (TPSA) is 86.3 Å². The van der Waals surface area contributed by atoms with Gasteiger partial charge in [-0.3, -0.25) is 4.99 Å². The van der Waals surface area contributed by atoms with Crippen molar-refractivity contribution >= 4 is 50.7 Å². The number of hydrogen-bond donors (Lipinski definition) is 3. The first-order chi connectivity index (χ1) is 12.1. The molecular formula is C18H27IN4O2S. The van der Waals surface area contributed by atoms with Crippen LogP contribution in [0.3, 0.4) is 0 Å². The van der Waals surface area contributed by atoms with Gasteiger partial charge in [0.15, 0.2) is 15.8 Å². The molecule has 1 unspecified atom stereocenters. The fraction of sp³-hybridized carbons (Fsp3) is 0.500. The third-order valence-electron chi connectivity index (χ3n) is 4.54. The summed E-state index contributed by atoms with van der Waals surface area (Å²) < 4.78 is 23.1. The van der Waals surface area contributed by atoms with Crippen LogP contribution in [0.5, 0.6) is 0 Å². The van der Waals surface area contributed by atoms with Crippen LogP contribution in [0, 0.1) is 5.92 Å². The Kier molecular flexibility index (Phi) is 7.75. The molecule has 1 fully saturated rings. The summed E-state index contributed by atoms with van der Waals surface area (Å²) in [6, 6.07) is 8.28. The number of aliphatic imine (C=N–C) groups is 1. The van der Waals surface area contributed by atoms with E-state index in [0.29, 0.717) is 12.3 Å². The van der Waals surface area contributed by atoms with Crippen molar-refractivity contribution in [2.24, 2.45) is 10.9 Å². The Balaban J connectivity index is 0.00000243. The van der Waals surface area contributed by atoms with Gasteiger partial charge in [-0.05, 0) is 37.3 Å². The first-order valence-corrected chi connectivity index (χ1v) is 10.7. The monoisotopic (exact) mass is 490 g/mol. The molecule has 0 radical (unpaired) electrons. The van der Waals surface area contributed by atoms with Gasteiger partial charge in [0.05, 0.1) is 11.5 Å². The smallest absolute Gasteiger partial charge is 0.191 e. The highest BCUT2D eigenvalue weighted by Crippen LogP contribution is 2.19. The Labute approximate surface area is 172 Å². The predicted molar refractivity (Wildman–Crippen MR) is 118 cm³/mol. The zero-order chi connectivity index (χ0) is 17.7. The molecule has 1 aliphatic heterocycles. The van der Waals surface area contributed by atoms with E-state index in [2.05, 4.69) is 38.9 Å². The second kappa shape index (κ2) is 9.59. The molecule has 1 aromatic heterocycles. The van der Waals surface area contributed by atoms with Gasteiger partial charge in [-0.2, -0.15) is 0 Å². The van der Waals surface area contributed by atoms with E-state index in [0.717, 1.165) is 37.4 Å². The Morgan fingerprint density at radius 3 is 2.85 bits per heavy atom. The summed E-state index contributed by atoms with van der Waals surface area (Å²) in [4.78, 5) is 7.86. The molecule has 8 heteroatoms. The summed E-state index contributed by atoms with van der Waals surface area (Å²) in [5, 5.41) is 7.82. The summed E-state index contributed by atoms with van der Waals surface area (Å²) in [5.74, 6) is 1.48. The number of benzene rings is 1. The molecule has 0 amide bonds. The number of aromatic nitrogens is 1. The van der Waals surface area contributed by atoms with E-state index in [4.69, 9.17) is 0 Å². The number of rotatable bonds is 6. The minimum atomic E-state index is -2.84. The van der Waals surface area contributed by atoms with Crippen LogP contribution in [-0.4, -0.2) is 50.5 Å². The van der Waals surface area contributed by atoms with Crippen LogP contribution in [0.15, 0.2) is 35.5 Å². The highest BCUT2D eigenvalue weighted by molar-refractivity contribution is 14.0. The molecule has 3 N–H and O–H groups in total. The minimum Gasteiger partial charge on any atom is -0.361 e. The molecule has 144 valence electrons. The third kappa shape index (κ3) is 5.60. The molecule has 1 aromatic carbocycles. The lowest BCUT2D eigenvalue weighted by atomic mass is 10.1. The number of nitrogens with zero attached hydrogens (tertiary/aromatic N) is 1. The van der Waals surface area contributed by atoms with Crippen LogP contribution < -0.4 is 10.6 Å². The Bertz CT molecular complexity index is 848. The van der Waals surface area contributed by atoms with Gasteiger partial charge in [-0.15, -0.1) is 24.0 Å². The average molecular weight is 490 g/mol. The molecule has 0 saturated carbocycles. The van der Waals surface area contributed by atoms with E-state index in [9.17, 15) is 8.42 Å². The number of halogens is 1. The van der Waals surface area contributed by atoms with Gasteiger partial charge in [-0.1, -0.05) is 18.2 Å². The van der Waals surface area contributed by atoms with Crippen LogP contribution in [-0.2, 0) is 16.3 Å². The first kappa shape index (κ1) is 21.0. The molecule has 6 nitrogen and oxygen atoms in total.